The van der Waals surface area contributed by atoms with Crippen molar-refractivity contribution in [3.63, 3.8) is 0 Å². The molecule has 1 aromatic heterocycles. The lowest BCUT2D eigenvalue weighted by Gasteiger charge is -2.12. The Bertz CT molecular complexity index is 621. The van der Waals surface area contributed by atoms with E-state index in [0.29, 0.717) is 0 Å². The van der Waals surface area contributed by atoms with Gasteiger partial charge in [0.1, 0.15) is 18.2 Å². The first-order chi connectivity index (χ1) is 8.69. The molecule has 8 heteroatoms. The van der Waals surface area contributed by atoms with Crippen molar-refractivity contribution in [1.29, 1.82) is 0 Å². The Morgan fingerprint density at radius 1 is 1.42 bits per heavy atom. The van der Waals surface area contributed by atoms with Crippen LogP contribution in [0.3, 0.4) is 0 Å². The van der Waals surface area contributed by atoms with Gasteiger partial charge >= 0.3 is 6.18 Å². The Morgan fingerprint density at radius 3 is 2.58 bits per heavy atom. The number of fused-ring (bicyclic) bond motifs is 1. The summed E-state index contributed by atoms with van der Waals surface area (Å²) in [7, 11) is 0. The molecule has 0 aliphatic rings. The van der Waals surface area contributed by atoms with E-state index in [4.69, 9.17) is 11.6 Å². The highest BCUT2D eigenvalue weighted by atomic mass is 79.9. The highest BCUT2D eigenvalue weighted by Crippen LogP contribution is 2.31. The lowest BCUT2D eigenvalue weighted by atomic mass is 10.3. The molecule has 0 radical (unpaired) electrons. The molecule has 19 heavy (non-hydrogen) atoms. The zero-order valence-corrected chi connectivity index (χ0v) is 11.9. The Labute approximate surface area is 119 Å². The lowest BCUT2D eigenvalue weighted by Crippen LogP contribution is -2.19. The van der Waals surface area contributed by atoms with Gasteiger partial charge in [-0.2, -0.15) is 13.2 Å². The standard InChI is InChI=1S/C11H8BrClF4N2/c1-5(13)10-18-8-2-6(12)7(14)3-9(8)19(10)4-11(15,16)17/h2-3,5H,4H2,1H3. The van der Waals surface area contributed by atoms with Crippen LogP contribution in [0, 0.1) is 5.82 Å². The molecule has 104 valence electrons. The van der Waals surface area contributed by atoms with Crippen molar-refractivity contribution in [2.45, 2.75) is 25.0 Å². The molecule has 0 saturated carbocycles. The van der Waals surface area contributed by atoms with Crippen molar-refractivity contribution in [1.82, 2.24) is 9.55 Å². The normalized spacial score (nSPS) is 14.1. The van der Waals surface area contributed by atoms with Gasteiger partial charge in [-0.1, -0.05) is 0 Å². The van der Waals surface area contributed by atoms with Gasteiger partial charge < -0.3 is 4.57 Å². The van der Waals surface area contributed by atoms with Gasteiger partial charge in [0.2, 0.25) is 0 Å². The number of imidazole rings is 1. The Balaban J connectivity index is 2.69. The monoisotopic (exact) mass is 358 g/mol. The number of benzene rings is 1. The van der Waals surface area contributed by atoms with Gasteiger partial charge in [-0.05, 0) is 28.9 Å². The molecule has 0 fully saturated rings. The van der Waals surface area contributed by atoms with Crippen LogP contribution in [0.5, 0.6) is 0 Å². The van der Waals surface area contributed by atoms with Gasteiger partial charge in [-0.25, -0.2) is 9.37 Å². The number of aromatic nitrogens is 2. The molecule has 0 saturated heterocycles. The summed E-state index contributed by atoms with van der Waals surface area (Å²) in [5.74, 6) is -0.587. The van der Waals surface area contributed by atoms with Gasteiger partial charge in [0.15, 0.2) is 0 Å². The molecular formula is C11H8BrClF4N2. The van der Waals surface area contributed by atoms with Gasteiger partial charge in [0, 0.05) is 6.07 Å². The number of hydrogen-bond acceptors (Lipinski definition) is 1. The maximum Gasteiger partial charge on any atom is 0.406 e. The maximum absolute atomic E-state index is 13.5. The van der Waals surface area contributed by atoms with E-state index in [1.54, 1.807) is 0 Å². The van der Waals surface area contributed by atoms with E-state index in [-0.39, 0.29) is 21.3 Å². The molecule has 0 bridgehead atoms. The molecule has 0 amide bonds. The van der Waals surface area contributed by atoms with Crippen molar-refractivity contribution in [2.24, 2.45) is 0 Å². The van der Waals surface area contributed by atoms with Crippen LogP contribution in [0.4, 0.5) is 17.6 Å². The third-order valence-electron chi connectivity index (χ3n) is 2.51. The summed E-state index contributed by atoms with van der Waals surface area (Å²) in [5, 5.41) is -0.711. The Hall–Kier alpha value is -0.820. The molecule has 0 aliphatic heterocycles. The quantitative estimate of drug-likeness (QED) is 0.556. The van der Waals surface area contributed by atoms with E-state index in [1.165, 1.54) is 13.0 Å². The zero-order chi connectivity index (χ0) is 14.4. The largest absolute Gasteiger partial charge is 0.406 e. The van der Waals surface area contributed by atoms with Crippen LogP contribution in [0.25, 0.3) is 11.0 Å². The van der Waals surface area contributed by atoms with Crippen LogP contribution in [0.1, 0.15) is 18.1 Å². The summed E-state index contributed by atoms with van der Waals surface area (Å²) in [6, 6.07) is 2.35. The smallest absolute Gasteiger partial charge is 0.317 e. The minimum atomic E-state index is -4.43. The second-order valence-corrected chi connectivity index (χ2v) is 5.55. The summed E-state index contributed by atoms with van der Waals surface area (Å²) < 4.78 is 52.2. The first kappa shape index (κ1) is 14.6. The van der Waals surface area contributed by atoms with E-state index in [9.17, 15) is 17.6 Å². The van der Waals surface area contributed by atoms with Crippen molar-refractivity contribution >= 4 is 38.6 Å². The fraction of sp³-hybridized carbons (Fsp3) is 0.364. The second kappa shape index (κ2) is 4.94. The van der Waals surface area contributed by atoms with Gasteiger partial charge in [-0.3, -0.25) is 0 Å². The summed E-state index contributed by atoms with van der Waals surface area (Å²) >= 11 is 8.80. The molecule has 2 rings (SSSR count). The fourth-order valence-electron chi connectivity index (χ4n) is 1.79. The molecule has 0 N–H and O–H groups in total. The number of hydrogen-bond donors (Lipinski definition) is 0. The van der Waals surface area contributed by atoms with Crippen LogP contribution in [0.2, 0.25) is 0 Å². The zero-order valence-electron chi connectivity index (χ0n) is 9.60. The highest BCUT2D eigenvalue weighted by molar-refractivity contribution is 9.10. The number of rotatable bonds is 2. The van der Waals surface area contributed by atoms with Gasteiger partial charge in [0.25, 0.3) is 0 Å². The second-order valence-electron chi connectivity index (χ2n) is 4.04. The van der Waals surface area contributed by atoms with Crippen molar-refractivity contribution in [3.8, 4) is 0 Å². The van der Waals surface area contributed by atoms with Crippen molar-refractivity contribution < 1.29 is 17.6 Å². The van der Waals surface area contributed by atoms with Gasteiger partial charge in [-0.15, -0.1) is 11.6 Å². The Kier molecular flexibility index (Phi) is 3.79. The molecule has 1 aromatic carbocycles. The predicted molar refractivity (Wildman–Crippen MR) is 67.7 cm³/mol. The molecule has 1 heterocycles. The van der Waals surface area contributed by atoms with Crippen LogP contribution in [0.15, 0.2) is 16.6 Å². The van der Waals surface area contributed by atoms with Crippen LogP contribution < -0.4 is 0 Å². The molecule has 1 unspecified atom stereocenters. The molecule has 0 aliphatic carbocycles. The number of nitrogens with zero attached hydrogens (tertiary/aromatic N) is 2. The number of halogens is 6. The predicted octanol–water partition coefficient (Wildman–Crippen LogP) is 4.80. The van der Waals surface area contributed by atoms with E-state index in [0.717, 1.165) is 10.6 Å². The first-order valence-corrected chi connectivity index (χ1v) is 6.48. The summed E-state index contributed by atoms with van der Waals surface area (Å²) in [4.78, 5) is 4.03. The van der Waals surface area contributed by atoms with E-state index in [2.05, 4.69) is 20.9 Å². The number of alkyl halides is 4. The van der Waals surface area contributed by atoms with E-state index >= 15 is 0 Å². The minimum absolute atomic E-state index is 0.0616. The third kappa shape index (κ3) is 3.02. The van der Waals surface area contributed by atoms with Crippen molar-refractivity contribution in [2.75, 3.05) is 0 Å². The van der Waals surface area contributed by atoms with E-state index < -0.39 is 23.9 Å². The topological polar surface area (TPSA) is 17.8 Å². The van der Waals surface area contributed by atoms with Crippen LogP contribution >= 0.6 is 27.5 Å². The van der Waals surface area contributed by atoms with Gasteiger partial charge in [0.05, 0.1) is 20.9 Å². The SMILES string of the molecule is CC(Cl)c1nc2cc(Br)c(F)cc2n1CC(F)(F)F. The molecule has 0 spiro atoms. The average Bonchev–Trinajstić information content (AvgIpc) is 2.56. The van der Waals surface area contributed by atoms with Crippen LogP contribution in [-0.2, 0) is 6.54 Å². The summed E-state index contributed by atoms with van der Waals surface area (Å²) in [6.45, 7) is 0.262. The Morgan fingerprint density at radius 2 is 2.05 bits per heavy atom. The third-order valence-corrected chi connectivity index (χ3v) is 3.32. The molecule has 2 aromatic rings. The highest BCUT2D eigenvalue weighted by Gasteiger charge is 2.31. The van der Waals surface area contributed by atoms with Crippen LogP contribution in [-0.4, -0.2) is 15.7 Å². The van der Waals surface area contributed by atoms with E-state index in [1.807, 2.05) is 0 Å². The molecular weight excluding hydrogens is 351 g/mol. The maximum atomic E-state index is 13.5. The molecule has 1 atom stereocenters. The van der Waals surface area contributed by atoms with Crippen molar-refractivity contribution in [3.05, 3.63) is 28.2 Å². The lowest BCUT2D eigenvalue weighted by molar-refractivity contribution is -0.140. The fourth-order valence-corrected chi connectivity index (χ4v) is 2.29. The minimum Gasteiger partial charge on any atom is -0.317 e. The summed E-state index contributed by atoms with van der Waals surface area (Å²) in [6.07, 6.45) is -4.43. The first-order valence-electron chi connectivity index (χ1n) is 5.25. The summed E-state index contributed by atoms with van der Waals surface area (Å²) in [5.41, 5.74) is 0.334. The molecule has 2 nitrogen and oxygen atoms in total. The average molecular weight is 360 g/mol.